The first-order valence-corrected chi connectivity index (χ1v) is 7.95. The van der Waals surface area contributed by atoms with Crippen LogP contribution in [0.3, 0.4) is 0 Å². The van der Waals surface area contributed by atoms with Crippen molar-refractivity contribution in [1.82, 2.24) is 10.0 Å². The van der Waals surface area contributed by atoms with Gasteiger partial charge in [-0.3, -0.25) is 14.8 Å². The highest BCUT2D eigenvalue weighted by Gasteiger charge is 2.02. The minimum absolute atomic E-state index is 0.162. The molecule has 1 heterocycles. The summed E-state index contributed by atoms with van der Waals surface area (Å²) in [4.78, 5) is 23.2. The predicted molar refractivity (Wildman–Crippen MR) is 92.1 cm³/mol. The monoisotopic (exact) mass is 376 g/mol. The Balaban J connectivity index is 2.00. The number of carbonyl (C=O) groups excluding carboxylic acids is 1. The van der Waals surface area contributed by atoms with E-state index in [2.05, 4.69) is 28.1 Å². The maximum absolute atomic E-state index is 12.3. The van der Waals surface area contributed by atoms with Crippen LogP contribution in [0.1, 0.15) is 17.5 Å². The summed E-state index contributed by atoms with van der Waals surface area (Å²) in [6.07, 6.45) is 5.95. The summed E-state index contributed by atoms with van der Waals surface area (Å²) in [5, 5.41) is 8.44. The Bertz CT molecular complexity index is 751. The van der Waals surface area contributed by atoms with Crippen LogP contribution in [0.25, 0.3) is 6.08 Å². The van der Waals surface area contributed by atoms with Gasteiger partial charge in [0.1, 0.15) is 0 Å². The molecule has 0 fully saturated rings. The third-order valence-electron chi connectivity index (χ3n) is 3.35. The first-order chi connectivity index (χ1) is 11.1. The van der Waals surface area contributed by atoms with E-state index in [1.54, 1.807) is 22.9 Å². The van der Waals surface area contributed by atoms with E-state index in [9.17, 15) is 9.59 Å². The summed E-state index contributed by atoms with van der Waals surface area (Å²) in [6, 6.07) is 11.5. The van der Waals surface area contributed by atoms with Crippen molar-refractivity contribution in [2.45, 2.75) is 19.4 Å². The van der Waals surface area contributed by atoms with Gasteiger partial charge in [-0.15, -0.1) is 0 Å². The van der Waals surface area contributed by atoms with E-state index in [4.69, 9.17) is 5.21 Å². The number of hydroxylamine groups is 1. The van der Waals surface area contributed by atoms with Crippen molar-refractivity contribution < 1.29 is 10.0 Å². The van der Waals surface area contributed by atoms with Crippen LogP contribution in [0.2, 0.25) is 0 Å². The summed E-state index contributed by atoms with van der Waals surface area (Å²) >= 11 is 3.40. The van der Waals surface area contributed by atoms with Gasteiger partial charge in [0, 0.05) is 28.9 Å². The molecule has 1 aromatic carbocycles. The van der Waals surface area contributed by atoms with Gasteiger partial charge in [-0.25, -0.2) is 5.48 Å². The molecule has 5 nitrogen and oxygen atoms in total. The maximum Gasteiger partial charge on any atom is 0.267 e. The Morgan fingerprint density at radius 3 is 2.70 bits per heavy atom. The molecule has 0 bridgehead atoms. The van der Waals surface area contributed by atoms with Gasteiger partial charge in [0.15, 0.2) is 0 Å². The molecule has 0 saturated carbocycles. The number of halogens is 1. The summed E-state index contributed by atoms with van der Waals surface area (Å²) in [6.45, 7) is 0.600. The molecule has 0 atom stereocenters. The van der Waals surface area contributed by atoms with Crippen molar-refractivity contribution in [3.05, 3.63) is 74.6 Å². The Morgan fingerprint density at radius 1 is 1.26 bits per heavy atom. The molecule has 0 aliphatic rings. The number of nitrogens with zero attached hydrogens (tertiary/aromatic N) is 1. The lowest BCUT2D eigenvalue weighted by molar-refractivity contribution is -0.124. The van der Waals surface area contributed by atoms with E-state index in [-0.39, 0.29) is 5.56 Å². The highest BCUT2D eigenvalue weighted by molar-refractivity contribution is 9.10. The van der Waals surface area contributed by atoms with Crippen LogP contribution in [0, 0.1) is 0 Å². The molecule has 6 heteroatoms. The van der Waals surface area contributed by atoms with Crippen molar-refractivity contribution in [2.75, 3.05) is 0 Å². The van der Waals surface area contributed by atoms with Gasteiger partial charge < -0.3 is 4.57 Å². The highest BCUT2D eigenvalue weighted by atomic mass is 79.9. The summed E-state index contributed by atoms with van der Waals surface area (Å²) < 4.78 is 2.67. The average molecular weight is 377 g/mol. The molecular formula is C17H17BrN2O3. The fourth-order valence-electron chi connectivity index (χ4n) is 2.17. The number of aryl methyl sites for hydroxylation is 2. The Kier molecular flexibility index (Phi) is 6.31. The molecule has 23 heavy (non-hydrogen) atoms. The Morgan fingerprint density at radius 2 is 2.00 bits per heavy atom. The number of benzene rings is 1. The predicted octanol–water partition coefficient (Wildman–Crippen LogP) is 2.76. The topological polar surface area (TPSA) is 71.3 Å². The SMILES string of the molecule is O=C(/C=C/c1cccn(CCCc2ccc(Br)cc2)c1=O)NO. The lowest BCUT2D eigenvalue weighted by Crippen LogP contribution is -2.22. The number of amides is 1. The first kappa shape index (κ1) is 17.2. The van der Waals surface area contributed by atoms with Gasteiger partial charge in [0.05, 0.1) is 0 Å². The third kappa shape index (κ3) is 5.19. The van der Waals surface area contributed by atoms with Crippen molar-refractivity contribution in [2.24, 2.45) is 0 Å². The number of rotatable bonds is 6. The van der Waals surface area contributed by atoms with Gasteiger partial charge in [-0.2, -0.15) is 0 Å². The molecule has 0 radical (unpaired) electrons. The lowest BCUT2D eigenvalue weighted by atomic mass is 10.1. The minimum Gasteiger partial charge on any atom is -0.315 e. The molecular weight excluding hydrogens is 360 g/mol. The molecule has 0 aliphatic carbocycles. The van der Waals surface area contributed by atoms with E-state index < -0.39 is 5.91 Å². The second-order valence-corrected chi connectivity index (χ2v) is 5.92. The molecule has 1 aromatic heterocycles. The number of aromatic nitrogens is 1. The zero-order valence-corrected chi connectivity index (χ0v) is 14.0. The van der Waals surface area contributed by atoms with Crippen molar-refractivity contribution in [3.63, 3.8) is 0 Å². The number of carbonyl (C=O) groups is 1. The standard InChI is InChI=1S/C17H17BrN2O3/c18-15-8-5-13(6-9-15)3-1-11-20-12-2-4-14(17(20)22)7-10-16(21)19-23/h2,4-10,12,23H,1,3,11H2,(H,19,21)/b10-7+. The van der Waals surface area contributed by atoms with Crippen LogP contribution in [-0.4, -0.2) is 15.7 Å². The zero-order valence-electron chi connectivity index (χ0n) is 12.4. The molecule has 120 valence electrons. The Hall–Kier alpha value is -2.18. The van der Waals surface area contributed by atoms with E-state index >= 15 is 0 Å². The second kappa shape index (κ2) is 8.45. The normalized spacial score (nSPS) is 10.9. The lowest BCUT2D eigenvalue weighted by Gasteiger charge is -2.07. The van der Waals surface area contributed by atoms with Crippen LogP contribution in [0.4, 0.5) is 0 Å². The van der Waals surface area contributed by atoms with Crippen LogP contribution in [-0.2, 0) is 17.8 Å². The number of hydrogen-bond acceptors (Lipinski definition) is 3. The molecule has 2 N–H and O–H groups in total. The molecule has 0 unspecified atom stereocenters. The first-order valence-electron chi connectivity index (χ1n) is 7.16. The van der Waals surface area contributed by atoms with E-state index in [0.29, 0.717) is 12.1 Å². The van der Waals surface area contributed by atoms with Gasteiger partial charge in [0.25, 0.3) is 11.5 Å². The van der Waals surface area contributed by atoms with Gasteiger partial charge in [0.2, 0.25) is 0 Å². The molecule has 2 aromatic rings. The molecule has 0 saturated heterocycles. The molecule has 2 rings (SSSR count). The summed E-state index contributed by atoms with van der Waals surface area (Å²) in [7, 11) is 0. The maximum atomic E-state index is 12.3. The average Bonchev–Trinajstić information content (AvgIpc) is 2.56. The molecule has 0 aliphatic heterocycles. The summed E-state index contributed by atoms with van der Waals surface area (Å²) in [5.41, 5.74) is 2.95. The minimum atomic E-state index is -0.671. The fourth-order valence-corrected chi connectivity index (χ4v) is 2.43. The molecule has 1 amide bonds. The quantitative estimate of drug-likeness (QED) is 0.462. The number of nitrogens with one attached hydrogen (secondary N) is 1. The van der Waals surface area contributed by atoms with Crippen LogP contribution in [0.15, 0.2) is 57.9 Å². The van der Waals surface area contributed by atoms with Gasteiger partial charge >= 0.3 is 0 Å². The summed E-state index contributed by atoms with van der Waals surface area (Å²) in [5.74, 6) is -0.671. The molecule has 0 spiro atoms. The second-order valence-electron chi connectivity index (χ2n) is 5.00. The largest absolute Gasteiger partial charge is 0.315 e. The zero-order chi connectivity index (χ0) is 16.7. The Labute approximate surface area is 142 Å². The van der Waals surface area contributed by atoms with Gasteiger partial charge in [-0.1, -0.05) is 28.1 Å². The van der Waals surface area contributed by atoms with Crippen molar-refractivity contribution in [3.8, 4) is 0 Å². The van der Waals surface area contributed by atoms with E-state index in [0.717, 1.165) is 23.4 Å². The van der Waals surface area contributed by atoms with Crippen LogP contribution in [0.5, 0.6) is 0 Å². The fraction of sp³-hybridized carbons (Fsp3) is 0.176. The van der Waals surface area contributed by atoms with Crippen molar-refractivity contribution >= 4 is 27.9 Å². The van der Waals surface area contributed by atoms with E-state index in [1.165, 1.54) is 17.1 Å². The number of hydrogen-bond donors (Lipinski definition) is 2. The van der Waals surface area contributed by atoms with Crippen LogP contribution < -0.4 is 11.0 Å². The van der Waals surface area contributed by atoms with Crippen LogP contribution >= 0.6 is 15.9 Å². The van der Waals surface area contributed by atoms with E-state index in [1.807, 2.05) is 12.1 Å². The van der Waals surface area contributed by atoms with Crippen molar-refractivity contribution in [1.29, 1.82) is 0 Å². The third-order valence-corrected chi connectivity index (χ3v) is 3.88. The highest BCUT2D eigenvalue weighted by Crippen LogP contribution is 2.12. The van der Waals surface area contributed by atoms with Gasteiger partial charge in [-0.05, 0) is 48.7 Å². The number of pyridine rings is 1. The smallest absolute Gasteiger partial charge is 0.267 e.